The molecule has 104 valence electrons. The molecule has 1 aromatic carbocycles. The number of rotatable bonds is 5. The number of aromatic nitrogens is 1. The van der Waals surface area contributed by atoms with Crippen LogP contribution in [0, 0.1) is 10.1 Å². The highest BCUT2D eigenvalue weighted by atomic mass is 16.6. The van der Waals surface area contributed by atoms with Crippen molar-refractivity contribution < 1.29 is 4.92 Å². The van der Waals surface area contributed by atoms with Crippen LogP contribution in [0.25, 0.3) is 0 Å². The van der Waals surface area contributed by atoms with Gasteiger partial charge in [-0.15, -0.1) is 0 Å². The topological polar surface area (TPSA) is 68.1 Å². The summed E-state index contributed by atoms with van der Waals surface area (Å²) in [6.45, 7) is 4.12. The molecule has 0 spiro atoms. The van der Waals surface area contributed by atoms with Crippen LogP contribution in [-0.4, -0.2) is 9.91 Å². The molecule has 0 saturated heterocycles. The van der Waals surface area contributed by atoms with Crippen molar-refractivity contribution in [2.24, 2.45) is 0 Å². The van der Waals surface area contributed by atoms with E-state index in [1.54, 1.807) is 24.5 Å². The van der Waals surface area contributed by atoms with Crippen molar-refractivity contribution in [3.05, 3.63) is 70.0 Å². The number of nitro benzene ring substituents is 1. The Labute approximate surface area is 117 Å². The third-order valence-corrected chi connectivity index (χ3v) is 3.31. The summed E-state index contributed by atoms with van der Waals surface area (Å²) in [5.74, 6) is 0. The number of non-ortho nitro benzene ring substituents is 1. The zero-order valence-corrected chi connectivity index (χ0v) is 11.5. The van der Waals surface area contributed by atoms with Crippen molar-refractivity contribution >= 4 is 5.69 Å². The number of nitrogens with zero attached hydrogens (tertiary/aromatic N) is 2. The lowest BCUT2D eigenvalue weighted by Crippen LogP contribution is -2.22. The average molecular weight is 271 g/mol. The summed E-state index contributed by atoms with van der Waals surface area (Å²) in [7, 11) is 0. The maximum atomic E-state index is 10.6. The molecule has 5 nitrogen and oxygen atoms in total. The van der Waals surface area contributed by atoms with Crippen LogP contribution in [0.2, 0.25) is 0 Å². The number of nitrogens with one attached hydrogen (secondary N) is 1. The van der Waals surface area contributed by atoms with Gasteiger partial charge >= 0.3 is 0 Å². The van der Waals surface area contributed by atoms with Gasteiger partial charge < -0.3 is 5.32 Å². The lowest BCUT2D eigenvalue weighted by molar-refractivity contribution is -0.384. The van der Waals surface area contributed by atoms with Crippen molar-refractivity contribution in [2.45, 2.75) is 25.9 Å². The smallest absolute Gasteiger partial charge is 0.269 e. The molecule has 0 amide bonds. The molecule has 0 bridgehead atoms. The molecular formula is C15H17N3O2. The molecule has 0 radical (unpaired) electrons. The molecule has 0 fully saturated rings. The normalized spacial score (nSPS) is 13.7. The Morgan fingerprint density at radius 2 is 1.50 bits per heavy atom. The Morgan fingerprint density at radius 3 is 2.00 bits per heavy atom. The quantitative estimate of drug-likeness (QED) is 0.668. The number of pyridine rings is 1. The number of hydrogen-bond donors (Lipinski definition) is 1. The molecule has 2 atom stereocenters. The Morgan fingerprint density at radius 1 is 1.00 bits per heavy atom. The fourth-order valence-corrected chi connectivity index (χ4v) is 2.10. The van der Waals surface area contributed by atoms with Gasteiger partial charge in [0.2, 0.25) is 0 Å². The van der Waals surface area contributed by atoms with E-state index in [0.29, 0.717) is 0 Å². The van der Waals surface area contributed by atoms with Gasteiger partial charge in [0.25, 0.3) is 5.69 Å². The lowest BCUT2D eigenvalue weighted by Gasteiger charge is -2.20. The molecule has 0 aliphatic carbocycles. The van der Waals surface area contributed by atoms with E-state index in [1.807, 2.05) is 19.1 Å². The maximum absolute atomic E-state index is 10.6. The second-order valence-electron chi connectivity index (χ2n) is 4.74. The van der Waals surface area contributed by atoms with Gasteiger partial charge in [-0.25, -0.2) is 0 Å². The molecule has 2 aromatic rings. The second kappa shape index (κ2) is 6.25. The number of hydrogen-bond acceptors (Lipinski definition) is 4. The van der Waals surface area contributed by atoms with Crippen molar-refractivity contribution in [1.29, 1.82) is 0 Å². The summed E-state index contributed by atoms with van der Waals surface area (Å²) < 4.78 is 0. The first kappa shape index (κ1) is 14.1. The van der Waals surface area contributed by atoms with E-state index in [4.69, 9.17) is 0 Å². The fourth-order valence-electron chi connectivity index (χ4n) is 2.10. The maximum Gasteiger partial charge on any atom is 0.269 e. The van der Waals surface area contributed by atoms with Gasteiger partial charge in [0.15, 0.2) is 0 Å². The van der Waals surface area contributed by atoms with Crippen LogP contribution in [0.5, 0.6) is 0 Å². The monoisotopic (exact) mass is 271 g/mol. The van der Waals surface area contributed by atoms with Crippen molar-refractivity contribution in [2.75, 3.05) is 0 Å². The van der Waals surface area contributed by atoms with E-state index in [1.165, 1.54) is 12.1 Å². The van der Waals surface area contributed by atoms with Gasteiger partial charge in [-0.1, -0.05) is 12.1 Å². The van der Waals surface area contributed by atoms with Crippen molar-refractivity contribution in [1.82, 2.24) is 10.3 Å². The van der Waals surface area contributed by atoms with Crippen LogP contribution in [0.4, 0.5) is 5.69 Å². The molecular weight excluding hydrogens is 254 g/mol. The van der Waals surface area contributed by atoms with E-state index in [0.717, 1.165) is 11.1 Å². The second-order valence-corrected chi connectivity index (χ2v) is 4.74. The van der Waals surface area contributed by atoms with E-state index < -0.39 is 0 Å². The Bertz CT molecular complexity index is 569. The average Bonchev–Trinajstić information content (AvgIpc) is 2.48. The van der Waals surface area contributed by atoms with Crippen LogP contribution in [0.15, 0.2) is 48.8 Å². The van der Waals surface area contributed by atoms with Crippen molar-refractivity contribution in [3.8, 4) is 0 Å². The van der Waals surface area contributed by atoms with Gasteiger partial charge in [-0.3, -0.25) is 15.1 Å². The van der Waals surface area contributed by atoms with Crippen LogP contribution >= 0.6 is 0 Å². The Hall–Kier alpha value is -2.27. The van der Waals surface area contributed by atoms with E-state index in [9.17, 15) is 10.1 Å². The molecule has 1 N–H and O–H groups in total. The molecule has 0 aliphatic rings. The van der Waals surface area contributed by atoms with E-state index in [2.05, 4.69) is 17.2 Å². The third kappa shape index (κ3) is 3.39. The highest BCUT2D eigenvalue weighted by molar-refractivity contribution is 5.34. The fraction of sp³-hybridized carbons (Fsp3) is 0.267. The predicted octanol–water partition coefficient (Wildman–Crippen LogP) is 3.40. The highest BCUT2D eigenvalue weighted by Gasteiger charge is 2.12. The summed E-state index contributed by atoms with van der Waals surface area (Å²) in [5.41, 5.74) is 2.30. The van der Waals surface area contributed by atoms with Gasteiger partial charge in [0, 0.05) is 36.6 Å². The van der Waals surface area contributed by atoms with Gasteiger partial charge in [-0.05, 0) is 37.1 Å². The van der Waals surface area contributed by atoms with Gasteiger partial charge in [0.05, 0.1) is 4.92 Å². The number of benzene rings is 1. The van der Waals surface area contributed by atoms with Crippen LogP contribution < -0.4 is 5.32 Å². The molecule has 1 aromatic heterocycles. The first-order valence-corrected chi connectivity index (χ1v) is 6.48. The van der Waals surface area contributed by atoms with Crippen LogP contribution in [-0.2, 0) is 0 Å². The zero-order valence-electron chi connectivity index (χ0n) is 11.5. The predicted molar refractivity (Wildman–Crippen MR) is 77.3 cm³/mol. The molecule has 0 aliphatic heterocycles. The van der Waals surface area contributed by atoms with Crippen molar-refractivity contribution in [3.63, 3.8) is 0 Å². The first-order chi connectivity index (χ1) is 9.58. The van der Waals surface area contributed by atoms with Crippen LogP contribution in [0.3, 0.4) is 0 Å². The zero-order chi connectivity index (χ0) is 14.5. The summed E-state index contributed by atoms with van der Waals surface area (Å²) in [5, 5.41) is 14.1. The van der Waals surface area contributed by atoms with Gasteiger partial charge in [0.1, 0.15) is 0 Å². The standard InChI is InChI=1S/C15H17N3O2/c1-11(13-3-5-15(6-4-13)18(19)20)17-12(2)14-7-9-16-10-8-14/h3-12,17H,1-2H3/t11?,12-/m1/s1. The number of nitro groups is 1. The molecule has 0 saturated carbocycles. The molecule has 1 unspecified atom stereocenters. The SMILES string of the molecule is CC(N[C@H](C)c1ccncc1)c1ccc([N+](=O)[O-])cc1. The van der Waals surface area contributed by atoms with Gasteiger partial charge in [-0.2, -0.15) is 0 Å². The molecule has 20 heavy (non-hydrogen) atoms. The molecule has 5 heteroatoms. The largest absolute Gasteiger partial charge is 0.304 e. The minimum Gasteiger partial charge on any atom is -0.304 e. The summed E-state index contributed by atoms with van der Waals surface area (Å²) in [6.07, 6.45) is 3.54. The Balaban J connectivity index is 2.04. The minimum atomic E-state index is -0.387. The molecule has 1 heterocycles. The van der Waals surface area contributed by atoms with E-state index >= 15 is 0 Å². The van der Waals surface area contributed by atoms with E-state index in [-0.39, 0.29) is 22.7 Å². The summed E-state index contributed by atoms with van der Waals surface area (Å²) >= 11 is 0. The Kier molecular flexibility index (Phi) is 4.42. The minimum absolute atomic E-state index is 0.110. The third-order valence-electron chi connectivity index (χ3n) is 3.31. The first-order valence-electron chi connectivity index (χ1n) is 6.48. The summed E-state index contributed by atoms with van der Waals surface area (Å²) in [6, 6.07) is 10.9. The lowest BCUT2D eigenvalue weighted by atomic mass is 10.0. The highest BCUT2D eigenvalue weighted by Crippen LogP contribution is 2.21. The van der Waals surface area contributed by atoms with Crippen LogP contribution in [0.1, 0.15) is 37.1 Å². The molecule has 2 rings (SSSR count). The summed E-state index contributed by atoms with van der Waals surface area (Å²) in [4.78, 5) is 14.2.